The van der Waals surface area contributed by atoms with E-state index in [1.54, 1.807) is 12.1 Å². The van der Waals surface area contributed by atoms with Gasteiger partial charge in [0.05, 0.1) is 17.3 Å². The molecule has 19 heavy (non-hydrogen) atoms. The van der Waals surface area contributed by atoms with Gasteiger partial charge in [-0.1, -0.05) is 23.7 Å². The van der Waals surface area contributed by atoms with Crippen LogP contribution in [0.1, 0.15) is 12.8 Å². The zero-order valence-corrected chi connectivity index (χ0v) is 12.4. The lowest BCUT2D eigenvalue weighted by Crippen LogP contribution is -2.32. The summed E-state index contributed by atoms with van der Waals surface area (Å²) in [4.78, 5) is 11.8. The molecule has 1 fully saturated rings. The number of para-hydroxylation sites is 1. The summed E-state index contributed by atoms with van der Waals surface area (Å²) in [5, 5.41) is 6.61. The van der Waals surface area contributed by atoms with Crippen LogP contribution in [-0.2, 0) is 4.79 Å². The maximum atomic E-state index is 11.8. The van der Waals surface area contributed by atoms with Crippen molar-refractivity contribution in [2.75, 3.05) is 29.9 Å². The van der Waals surface area contributed by atoms with E-state index in [4.69, 9.17) is 11.6 Å². The second-order valence-electron chi connectivity index (χ2n) is 4.71. The van der Waals surface area contributed by atoms with Gasteiger partial charge in [0, 0.05) is 0 Å². The van der Waals surface area contributed by atoms with Crippen LogP contribution in [0.2, 0.25) is 5.02 Å². The summed E-state index contributed by atoms with van der Waals surface area (Å²) in [5.74, 6) is 3.17. The quantitative estimate of drug-likeness (QED) is 0.878. The fourth-order valence-corrected chi connectivity index (χ4v) is 3.48. The Kier molecular flexibility index (Phi) is 6.01. The van der Waals surface area contributed by atoms with Crippen LogP contribution >= 0.6 is 23.4 Å². The molecule has 2 rings (SSSR count). The number of thioether (sulfide) groups is 1. The number of amides is 1. The summed E-state index contributed by atoms with van der Waals surface area (Å²) in [6, 6.07) is 7.27. The molecule has 0 radical (unpaired) electrons. The Balaban J connectivity index is 1.68. The normalized spacial score (nSPS) is 16.3. The number of hydrogen-bond acceptors (Lipinski definition) is 3. The summed E-state index contributed by atoms with van der Waals surface area (Å²) < 4.78 is 0. The Bertz CT molecular complexity index is 422. The summed E-state index contributed by atoms with van der Waals surface area (Å²) in [5.41, 5.74) is 0.671. The van der Waals surface area contributed by atoms with Gasteiger partial charge in [-0.05, 0) is 48.9 Å². The molecule has 1 heterocycles. The molecule has 0 unspecified atom stereocenters. The third-order valence-corrected chi connectivity index (χ3v) is 4.59. The average Bonchev–Trinajstić information content (AvgIpc) is 2.43. The monoisotopic (exact) mass is 298 g/mol. The fourth-order valence-electron chi connectivity index (χ4n) is 2.10. The van der Waals surface area contributed by atoms with Crippen molar-refractivity contribution in [3.63, 3.8) is 0 Å². The maximum absolute atomic E-state index is 11.8. The Hall–Kier alpha value is -0.710. The Morgan fingerprint density at radius 1 is 1.32 bits per heavy atom. The number of hydrogen-bond donors (Lipinski definition) is 2. The van der Waals surface area contributed by atoms with E-state index in [0.29, 0.717) is 17.3 Å². The summed E-state index contributed by atoms with van der Waals surface area (Å²) in [6.45, 7) is 1.27. The third-order valence-electron chi connectivity index (χ3n) is 3.21. The minimum Gasteiger partial charge on any atom is -0.324 e. The first-order valence-corrected chi connectivity index (χ1v) is 8.12. The van der Waals surface area contributed by atoms with E-state index < -0.39 is 0 Å². The van der Waals surface area contributed by atoms with Crippen molar-refractivity contribution in [1.29, 1.82) is 0 Å². The van der Waals surface area contributed by atoms with Gasteiger partial charge in [-0.15, -0.1) is 0 Å². The molecule has 0 bridgehead atoms. The molecule has 1 aromatic carbocycles. The van der Waals surface area contributed by atoms with E-state index >= 15 is 0 Å². The zero-order chi connectivity index (χ0) is 13.5. The first kappa shape index (κ1) is 14.7. The van der Waals surface area contributed by atoms with Crippen molar-refractivity contribution in [2.24, 2.45) is 5.92 Å². The van der Waals surface area contributed by atoms with Gasteiger partial charge >= 0.3 is 0 Å². The summed E-state index contributed by atoms with van der Waals surface area (Å²) in [7, 11) is 0. The minimum absolute atomic E-state index is 0.0433. The van der Waals surface area contributed by atoms with Gasteiger partial charge in [0.1, 0.15) is 0 Å². The molecule has 0 aliphatic carbocycles. The average molecular weight is 299 g/mol. The molecule has 104 valence electrons. The lowest BCUT2D eigenvalue weighted by molar-refractivity contribution is -0.115. The lowest BCUT2D eigenvalue weighted by atomic mass is 10.0. The number of halogens is 1. The van der Waals surface area contributed by atoms with Gasteiger partial charge in [0.15, 0.2) is 0 Å². The number of anilines is 1. The van der Waals surface area contributed by atoms with Crippen molar-refractivity contribution >= 4 is 35.0 Å². The summed E-state index contributed by atoms with van der Waals surface area (Å²) in [6.07, 6.45) is 2.51. The van der Waals surface area contributed by atoms with E-state index in [-0.39, 0.29) is 5.91 Å². The standard InChI is InChI=1S/C14H19ClN2OS/c15-12-3-1-2-4-13(12)17-14(18)10-16-9-11-5-7-19-8-6-11/h1-4,11,16H,5-10H2,(H,17,18). The molecular formula is C14H19ClN2OS. The lowest BCUT2D eigenvalue weighted by Gasteiger charge is -2.21. The molecule has 1 aromatic rings. The molecule has 0 spiro atoms. The number of carbonyl (C=O) groups is 1. The van der Waals surface area contributed by atoms with E-state index in [1.807, 2.05) is 23.9 Å². The minimum atomic E-state index is -0.0433. The fraction of sp³-hybridized carbons (Fsp3) is 0.500. The van der Waals surface area contributed by atoms with Gasteiger partial charge in [0.2, 0.25) is 5.91 Å². The Morgan fingerprint density at radius 2 is 2.05 bits per heavy atom. The second kappa shape index (κ2) is 7.78. The van der Waals surface area contributed by atoms with Gasteiger partial charge < -0.3 is 10.6 Å². The highest BCUT2D eigenvalue weighted by Gasteiger charge is 2.13. The van der Waals surface area contributed by atoms with Crippen molar-refractivity contribution in [3.05, 3.63) is 29.3 Å². The van der Waals surface area contributed by atoms with Crippen LogP contribution in [0, 0.1) is 5.92 Å². The van der Waals surface area contributed by atoms with E-state index in [2.05, 4.69) is 10.6 Å². The molecule has 1 amide bonds. The van der Waals surface area contributed by atoms with Crippen LogP contribution in [0.15, 0.2) is 24.3 Å². The predicted molar refractivity (Wildman–Crippen MR) is 83.0 cm³/mol. The predicted octanol–water partition coefficient (Wildman–Crippen LogP) is 3.01. The van der Waals surface area contributed by atoms with Crippen LogP contribution in [0.4, 0.5) is 5.69 Å². The molecule has 1 aliphatic heterocycles. The largest absolute Gasteiger partial charge is 0.324 e. The highest BCUT2D eigenvalue weighted by molar-refractivity contribution is 7.99. The number of nitrogens with one attached hydrogen (secondary N) is 2. The third kappa shape index (κ3) is 5.05. The molecular weight excluding hydrogens is 280 g/mol. The first-order chi connectivity index (χ1) is 9.25. The van der Waals surface area contributed by atoms with Gasteiger partial charge in [-0.25, -0.2) is 0 Å². The molecule has 0 saturated carbocycles. The molecule has 1 saturated heterocycles. The van der Waals surface area contributed by atoms with E-state index in [9.17, 15) is 4.79 Å². The Morgan fingerprint density at radius 3 is 2.79 bits per heavy atom. The van der Waals surface area contributed by atoms with E-state index in [1.165, 1.54) is 24.3 Å². The van der Waals surface area contributed by atoms with Gasteiger partial charge in [-0.2, -0.15) is 11.8 Å². The molecule has 0 atom stereocenters. The topological polar surface area (TPSA) is 41.1 Å². The van der Waals surface area contributed by atoms with Crippen LogP contribution in [-0.4, -0.2) is 30.5 Å². The second-order valence-corrected chi connectivity index (χ2v) is 6.35. The SMILES string of the molecule is O=C(CNCC1CCSCC1)Nc1ccccc1Cl. The van der Waals surface area contributed by atoms with Gasteiger partial charge in [0.25, 0.3) is 0 Å². The van der Waals surface area contributed by atoms with Crippen LogP contribution in [0.5, 0.6) is 0 Å². The number of benzene rings is 1. The van der Waals surface area contributed by atoms with Crippen molar-refractivity contribution in [2.45, 2.75) is 12.8 Å². The van der Waals surface area contributed by atoms with Crippen molar-refractivity contribution in [3.8, 4) is 0 Å². The maximum Gasteiger partial charge on any atom is 0.238 e. The highest BCUT2D eigenvalue weighted by atomic mass is 35.5. The smallest absolute Gasteiger partial charge is 0.238 e. The zero-order valence-electron chi connectivity index (χ0n) is 10.8. The summed E-state index contributed by atoms with van der Waals surface area (Å²) >= 11 is 8.01. The van der Waals surface area contributed by atoms with Crippen molar-refractivity contribution < 1.29 is 4.79 Å². The van der Waals surface area contributed by atoms with E-state index in [0.717, 1.165) is 12.5 Å². The van der Waals surface area contributed by atoms with Crippen LogP contribution < -0.4 is 10.6 Å². The molecule has 1 aliphatic rings. The number of carbonyl (C=O) groups excluding carboxylic acids is 1. The van der Waals surface area contributed by atoms with Crippen LogP contribution in [0.25, 0.3) is 0 Å². The van der Waals surface area contributed by atoms with Crippen molar-refractivity contribution in [1.82, 2.24) is 5.32 Å². The molecule has 5 heteroatoms. The van der Waals surface area contributed by atoms with Gasteiger partial charge in [-0.3, -0.25) is 4.79 Å². The molecule has 0 aromatic heterocycles. The molecule has 2 N–H and O–H groups in total. The number of rotatable bonds is 5. The first-order valence-electron chi connectivity index (χ1n) is 6.58. The Labute approximate surface area is 123 Å². The molecule has 3 nitrogen and oxygen atoms in total. The highest BCUT2D eigenvalue weighted by Crippen LogP contribution is 2.22. The van der Waals surface area contributed by atoms with Crippen LogP contribution in [0.3, 0.4) is 0 Å².